The molecule has 0 bridgehead atoms. The lowest BCUT2D eigenvalue weighted by molar-refractivity contribution is -0.0501. The minimum Gasteiger partial charge on any atom is -0.495 e. The molecule has 136 valence electrons. The van der Waals surface area contributed by atoms with Gasteiger partial charge in [0, 0.05) is 4.90 Å². The molecule has 0 N–H and O–H groups in total. The van der Waals surface area contributed by atoms with Crippen LogP contribution in [-0.2, 0) is 20.9 Å². The molecule has 1 unspecified atom stereocenters. The summed E-state index contributed by atoms with van der Waals surface area (Å²) in [5.41, 5.74) is -4.73. The molecule has 0 aromatic heterocycles. The maximum Gasteiger partial charge on any atom is 0.534 e. The Labute approximate surface area is 145 Å². The first-order valence-corrected chi connectivity index (χ1v) is 9.29. The molecule has 0 saturated heterocycles. The summed E-state index contributed by atoms with van der Waals surface area (Å²) in [6, 6.07) is 9.91. The Morgan fingerprint density at radius 3 is 2.08 bits per heavy atom. The smallest absolute Gasteiger partial charge is 0.495 e. The second kappa shape index (κ2) is 7.04. The third-order valence-electron chi connectivity index (χ3n) is 3.07. The fourth-order valence-corrected chi connectivity index (χ4v) is 3.62. The molecule has 5 nitrogen and oxygen atoms in total. The highest BCUT2D eigenvalue weighted by Gasteiger charge is 2.49. The summed E-state index contributed by atoms with van der Waals surface area (Å²) >= 11 is 0. The van der Waals surface area contributed by atoms with Gasteiger partial charge in [-0.1, -0.05) is 23.8 Å². The summed E-state index contributed by atoms with van der Waals surface area (Å²) < 4.78 is 82.3. The molecule has 0 spiro atoms. The van der Waals surface area contributed by atoms with Crippen molar-refractivity contribution >= 4 is 20.9 Å². The Bertz CT molecular complexity index is 890. The van der Waals surface area contributed by atoms with E-state index in [1.165, 1.54) is 31.4 Å². The Hall–Kier alpha value is -2.07. The van der Waals surface area contributed by atoms with E-state index in [-0.39, 0.29) is 15.5 Å². The van der Waals surface area contributed by atoms with Gasteiger partial charge in [-0.2, -0.15) is 21.6 Å². The number of halogens is 3. The highest BCUT2D eigenvalue weighted by Crippen LogP contribution is 2.37. The average Bonchev–Trinajstić information content (AvgIpc) is 2.53. The van der Waals surface area contributed by atoms with Crippen LogP contribution in [-0.4, -0.2) is 25.2 Å². The lowest BCUT2D eigenvalue weighted by Gasteiger charge is -2.15. The summed E-state index contributed by atoms with van der Waals surface area (Å²) in [6.07, 6.45) is 0. The normalized spacial score (nSPS) is 13.3. The van der Waals surface area contributed by atoms with Crippen LogP contribution in [0.3, 0.4) is 0 Å². The van der Waals surface area contributed by atoms with Gasteiger partial charge >= 0.3 is 15.6 Å². The number of alkyl halides is 3. The van der Waals surface area contributed by atoms with Crippen LogP contribution in [0.25, 0.3) is 0 Å². The van der Waals surface area contributed by atoms with Crippen LogP contribution in [0.2, 0.25) is 0 Å². The maximum atomic E-state index is 12.8. The third-order valence-corrected chi connectivity index (χ3v) is 5.51. The molecule has 0 heterocycles. The molecule has 0 amide bonds. The van der Waals surface area contributed by atoms with Gasteiger partial charge in [0.1, 0.15) is 10.6 Å². The van der Waals surface area contributed by atoms with Crippen molar-refractivity contribution in [3.63, 3.8) is 0 Å². The van der Waals surface area contributed by atoms with Crippen molar-refractivity contribution in [2.45, 2.75) is 22.2 Å². The number of hydrogen-bond acceptors (Lipinski definition) is 5. The van der Waals surface area contributed by atoms with E-state index in [2.05, 4.69) is 4.18 Å². The second-order valence-corrected chi connectivity index (χ2v) is 7.81. The standard InChI is InChI=1S/C15H13F3O5S2/c1-10-6-8-11(9-7-10)24(19)14-12(22-2)4-3-5-13(14)23-25(20,21)15(16,17)18/h3-9H,1-2H3. The fraction of sp³-hybridized carbons (Fsp3) is 0.200. The first-order chi connectivity index (χ1) is 11.6. The van der Waals surface area contributed by atoms with Gasteiger partial charge in [0.25, 0.3) is 0 Å². The van der Waals surface area contributed by atoms with Gasteiger partial charge in [-0.05, 0) is 31.2 Å². The van der Waals surface area contributed by atoms with Gasteiger partial charge in [0.15, 0.2) is 5.75 Å². The van der Waals surface area contributed by atoms with E-state index in [9.17, 15) is 25.8 Å². The number of methoxy groups -OCH3 is 1. The van der Waals surface area contributed by atoms with E-state index in [1.54, 1.807) is 19.1 Å². The number of ether oxygens (including phenoxy) is 1. The molecule has 10 heteroatoms. The topological polar surface area (TPSA) is 69.7 Å². The quantitative estimate of drug-likeness (QED) is 0.574. The predicted molar refractivity (Wildman–Crippen MR) is 84.5 cm³/mol. The van der Waals surface area contributed by atoms with E-state index in [0.717, 1.165) is 11.6 Å². The van der Waals surface area contributed by atoms with Crippen LogP contribution in [0.15, 0.2) is 52.3 Å². The number of aryl methyl sites for hydroxylation is 1. The minimum atomic E-state index is -5.91. The molecular formula is C15H13F3O5S2. The number of hydrogen-bond donors (Lipinski definition) is 0. The summed E-state index contributed by atoms with van der Waals surface area (Å²) in [5.74, 6) is -0.774. The van der Waals surface area contributed by atoms with Crippen LogP contribution >= 0.6 is 0 Å². The van der Waals surface area contributed by atoms with Crippen molar-refractivity contribution in [3.8, 4) is 11.5 Å². The zero-order valence-corrected chi connectivity index (χ0v) is 14.7. The average molecular weight is 394 g/mol. The van der Waals surface area contributed by atoms with Crippen LogP contribution in [0.5, 0.6) is 11.5 Å². The van der Waals surface area contributed by atoms with Gasteiger partial charge in [-0.25, -0.2) is 4.21 Å². The zero-order chi connectivity index (χ0) is 18.8. The molecule has 0 aliphatic rings. The van der Waals surface area contributed by atoms with E-state index >= 15 is 0 Å². The highest BCUT2D eigenvalue weighted by atomic mass is 32.2. The second-order valence-electron chi connectivity index (χ2n) is 4.85. The van der Waals surface area contributed by atoms with Gasteiger partial charge in [0.2, 0.25) is 0 Å². The monoisotopic (exact) mass is 394 g/mol. The first kappa shape index (κ1) is 19.3. The molecule has 0 aliphatic heterocycles. The SMILES string of the molecule is COc1cccc(OS(=O)(=O)C(F)(F)F)c1S(=O)c1ccc(C)cc1. The molecule has 25 heavy (non-hydrogen) atoms. The predicted octanol–water partition coefficient (Wildman–Crippen LogP) is 3.40. The van der Waals surface area contributed by atoms with Crippen molar-refractivity contribution in [3.05, 3.63) is 48.0 Å². The van der Waals surface area contributed by atoms with Gasteiger partial charge in [0.05, 0.1) is 17.9 Å². The Kier molecular flexibility index (Phi) is 5.43. The molecule has 2 aromatic carbocycles. The molecule has 2 rings (SSSR count). The zero-order valence-electron chi connectivity index (χ0n) is 13.0. The van der Waals surface area contributed by atoms with Crippen LogP contribution in [0, 0.1) is 6.92 Å². The Morgan fingerprint density at radius 2 is 1.56 bits per heavy atom. The van der Waals surface area contributed by atoms with Crippen molar-refractivity contribution in [1.82, 2.24) is 0 Å². The molecule has 2 aromatic rings. The number of benzene rings is 2. The molecule has 0 saturated carbocycles. The fourth-order valence-electron chi connectivity index (χ4n) is 1.85. The Balaban J connectivity index is 2.57. The molecule has 0 aliphatic carbocycles. The summed E-state index contributed by atoms with van der Waals surface area (Å²) in [6.45, 7) is 1.81. The van der Waals surface area contributed by atoms with E-state index in [4.69, 9.17) is 4.74 Å². The lowest BCUT2D eigenvalue weighted by atomic mass is 10.2. The first-order valence-electron chi connectivity index (χ1n) is 6.73. The Morgan fingerprint density at radius 1 is 1.00 bits per heavy atom. The molecule has 0 radical (unpaired) electrons. The molecule has 1 atom stereocenters. The van der Waals surface area contributed by atoms with Crippen LogP contribution < -0.4 is 8.92 Å². The van der Waals surface area contributed by atoms with Crippen molar-refractivity contribution in [2.24, 2.45) is 0 Å². The lowest BCUT2D eigenvalue weighted by Crippen LogP contribution is -2.28. The minimum absolute atomic E-state index is 0.0613. The van der Waals surface area contributed by atoms with Gasteiger partial charge in [-0.3, -0.25) is 0 Å². The van der Waals surface area contributed by atoms with Crippen LogP contribution in [0.4, 0.5) is 13.2 Å². The van der Waals surface area contributed by atoms with Gasteiger partial charge in [-0.15, -0.1) is 0 Å². The largest absolute Gasteiger partial charge is 0.534 e. The summed E-state index contributed by atoms with van der Waals surface area (Å²) in [4.78, 5) is -0.0500. The van der Waals surface area contributed by atoms with Gasteiger partial charge < -0.3 is 8.92 Å². The maximum absolute atomic E-state index is 12.8. The summed E-state index contributed by atoms with van der Waals surface area (Å²) in [7, 11) is -6.72. The van der Waals surface area contributed by atoms with E-state index in [0.29, 0.717) is 0 Å². The third kappa shape index (κ3) is 4.13. The highest BCUT2D eigenvalue weighted by molar-refractivity contribution is 7.88. The summed E-state index contributed by atoms with van der Waals surface area (Å²) in [5, 5.41) is 0. The van der Waals surface area contributed by atoms with Crippen molar-refractivity contribution < 1.29 is 34.7 Å². The van der Waals surface area contributed by atoms with E-state index in [1.807, 2.05) is 0 Å². The van der Waals surface area contributed by atoms with E-state index < -0.39 is 32.2 Å². The number of rotatable bonds is 5. The van der Waals surface area contributed by atoms with Crippen molar-refractivity contribution in [2.75, 3.05) is 7.11 Å². The van der Waals surface area contributed by atoms with Crippen molar-refractivity contribution in [1.29, 1.82) is 0 Å². The van der Waals surface area contributed by atoms with Crippen LogP contribution in [0.1, 0.15) is 5.56 Å². The molecular weight excluding hydrogens is 381 g/mol. The molecule has 0 fully saturated rings.